The van der Waals surface area contributed by atoms with Gasteiger partial charge in [-0.05, 0) is 5.56 Å². The van der Waals surface area contributed by atoms with E-state index in [1.54, 1.807) is 0 Å². The van der Waals surface area contributed by atoms with Crippen molar-refractivity contribution in [1.82, 2.24) is 15.5 Å². The van der Waals surface area contributed by atoms with Crippen LogP contribution in [-0.2, 0) is 6.54 Å². The minimum absolute atomic E-state index is 0.0578. The van der Waals surface area contributed by atoms with Crippen molar-refractivity contribution in [2.45, 2.75) is 18.8 Å². The Balaban J connectivity index is 1.74. The molecule has 0 radical (unpaired) electrons. The van der Waals surface area contributed by atoms with Gasteiger partial charge in [-0.25, -0.2) is 0 Å². The van der Waals surface area contributed by atoms with Crippen molar-refractivity contribution in [3.8, 4) is 0 Å². The molecule has 4 nitrogen and oxygen atoms in total. The molecular formula is C12H14N4S. The highest BCUT2D eigenvalue weighted by Crippen LogP contribution is 2.17. The monoisotopic (exact) mass is 246 g/mol. The Hall–Kier alpha value is -1.46. The molecular weight excluding hydrogens is 232 g/mol. The van der Waals surface area contributed by atoms with Crippen LogP contribution in [0.5, 0.6) is 0 Å². The lowest BCUT2D eigenvalue weighted by Crippen LogP contribution is -2.60. The van der Waals surface area contributed by atoms with E-state index >= 15 is 0 Å². The van der Waals surface area contributed by atoms with Crippen LogP contribution in [0.15, 0.2) is 35.3 Å². The molecule has 1 aromatic rings. The van der Waals surface area contributed by atoms with E-state index in [4.69, 9.17) is 12.2 Å². The Labute approximate surface area is 106 Å². The highest BCUT2D eigenvalue weighted by Gasteiger charge is 2.35. The van der Waals surface area contributed by atoms with Crippen molar-refractivity contribution in [2.24, 2.45) is 4.99 Å². The van der Waals surface area contributed by atoms with Gasteiger partial charge in [0, 0.05) is 6.54 Å². The maximum Gasteiger partial charge on any atom is 0.135 e. The molecule has 2 aliphatic rings. The smallest absolute Gasteiger partial charge is 0.135 e. The maximum absolute atomic E-state index is 5.27. The van der Waals surface area contributed by atoms with Gasteiger partial charge in [-0.2, -0.15) is 0 Å². The predicted octanol–water partition coefficient (Wildman–Crippen LogP) is 0.703. The fraction of sp³-hybridized carbons (Fsp3) is 0.333. The summed E-state index contributed by atoms with van der Waals surface area (Å²) in [6, 6.07) is 10.5. The fourth-order valence-corrected chi connectivity index (χ4v) is 2.47. The molecule has 1 aromatic carbocycles. The highest BCUT2D eigenvalue weighted by molar-refractivity contribution is 7.80. The summed E-state index contributed by atoms with van der Waals surface area (Å²) in [5, 5.41) is 6.50. The van der Waals surface area contributed by atoms with E-state index in [1.807, 2.05) is 12.4 Å². The third-order valence-electron chi connectivity index (χ3n) is 3.08. The average molecular weight is 246 g/mol. The van der Waals surface area contributed by atoms with Crippen molar-refractivity contribution < 1.29 is 0 Å². The van der Waals surface area contributed by atoms with Crippen LogP contribution < -0.4 is 10.6 Å². The molecule has 1 fully saturated rings. The van der Waals surface area contributed by atoms with Crippen LogP contribution in [0.3, 0.4) is 0 Å². The number of hydrogen-bond acceptors (Lipinski definition) is 4. The average Bonchev–Trinajstić information content (AvgIpc) is 2.76. The van der Waals surface area contributed by atoms with E-state index in [1.165, 1.54) is 5.56 Å². The summed E-state index contributed by atoms with van der Waals surface area (Å²) in [6.07, 6.45) is 2.10. The summed E-state index contributed by atoms with van der Waals surface area (Å²) in [7, 11) is 0. The minimum Gasteiger partial charge on any atom is -0.365 e. The number of aliphatic imine (C=N–C) groups is 1. The molecule has 0 aliphatic carbocycles. The number of benzene rings is 1. The zero-order valence-corrected chi connectivity index (χ0v) is 10.2. The van der Waals surface area contributed by atoms with E-state index in [0.717, 1.165) is 11.5 Å². The molecule has 1 saturated heterocycles. The number of nitrogens with one attached hydrogen (secondary N) is 2. The van der Waals surface area contributed by atoms with Crippen LogP contribution >= 0.6 is 12.2 Å². The molecule has 0 saturated carbocycles. The fourth-order valence-electron chi connectivity index (χ4n) is 2.21. The largest absolute Gasteiger partial charge is 0.365 e. The third kappa shape index (κ3) is 2.03. The van der Waals surface area contributed by atoms with Gasteiger partial charge in [-0.3, -0.25) is 10.3 Å². The Morgan fingerprint density at radius 1 is 1.35 bits per heavy atom. The van der Waals surface area contributed by atoms with E-state index in [0.29, 0.717) is 6.67 Å². The van der Waals surface area contributed by atoms with Gasteiger partial charge >= 0.3 is 0 Å². The summed E-state index contributed by atoms with van der Waals surface area (Å²) < 4.78 is 0. The van der Waals surface area contributed by atoms with E-state index in [2.05, 4.69) is 44.8 Å². The van der Waals surface area contributed by atoms with Gasteiger partial charge in [-0.15, -0.1) is 0 Å². The first kappa shape index (κ1) is 10.7. The molecule has 3 rings (SSSR count). The molecule has 2 aliphatic heterocycles. The quantitative estimate of drug-likeness (QED) is 0.754. The molecule has 0 bridgehead atoms. The first-order chi connectivity index (χ1) is 8.34. The molecule has 0 spiro atoms. The maximum atomic E-state index is 5.27. The molecule has 2 atom stereocenters. The molecule has 0 amide bonds. The van der Waals surface area contributed by atoms with Gasteiger partial charge in [0.1, 0.15) is 17.2 Å². The van der Waals surface area contributed by atoms with E-state index in [-0.39, 0.29) is 12.2 Å². The van der Waals surface area contributed by atoms with Crippen molar-refractivity contribution in [2.75, 3.05) is 6.67 Å². The highest BCUT2D eigenvalue weighted by atomic mass is 32.1. The summed E-state index contributed by atoms with van der Waals surface area (Å²) in [4.78, 5) is 7.49. The van der Waals surface area contributed by atoms with E-state index in [9.17, 15) is 0 Å². The molecule has 2 heterocycles. The summed E-state index contributed by atoms with van der Waals surface area (Å²) >= 11 is 5.27. The second kappa shape index (κ2) is 4.43. The lowest BCUT2D eigenvalue weighted by molar-refractivity contribution is 0.261. The Morgan fingerprint density at radius 2 is 2.18 bits per heavy atom. The van der Waals surface area contributed by atoms with Crippen LogP contribution in [0.4, 0.5) is 0 Å². The van der Waals surface area contributed by atoms with Crippen LogP contribution in [0.1, 0.15) is 5.56 Å². The number of nitrogens with zero attached hydrogens (tertiary/aromatic N) is 2. The lowest BCUT2D eigenvalue weighted by Gasteiger charge is -2.33. The normalized spacial score (nSPS) is 26.8. The van der Waals surface area contributed by atoms with Gasteiger partial charge in [0.2, 0.25) is 0 Å². The van der Waals surface area contributed by atoms with E-state index < -0.39 is 0 Å². The second-order valence-corrected chi connectivity index (χ2v) is 4.67. The zero-order chi connectivity index (χ0) is 11.7. The minimum atomic E-state index is 0.0578. The van der Waals surface area contributed by atoms with Crippen LogP contribution in [0.2, 0.25) is 0 Å². The standard InChI is InChI=1S/C12H14N4S/c17-12-10-11(13-7-14-12)16(8-15-10)6-9-4-2-1-3-5-9/h1-5,8,10-11,13H,6-7H2,(H,14,17). The van der Waals surface area contributed by atoms with Crippen LogP contribution in [0, 0.1) is 0 Å². The summed E-state index contributed by atoms with van der Waals surface area (Å²) in [5.41, 5.74) is 1.28. The van der Waals surface area contributed by atoms with Crippen molar-refractivity contribution in [3.63, 3.8) is 0 Å². The second-order valence-electron chi connectivity index (χ2n) is 4.23. The molecule has 0 aromatic heterocycles. The predicted molar refractivity (Wildman–Crippen MR) is 71.8 cm³/mol. The molecule has 2 unspecified atom stereocenters. The number of thiocarbonyl (C=S) groups is 1. The molecule has 5 heteroatoms. The zero-order valence-electron chi connectivity index (χ0n) is 9.34. The Bertz CT molecular complexity index is 445. The summed E-state index contributed by atoms with van der Waals surface area (Å²) in [5.74, 6) is 0. The van der Waals surface area contributed by atoms with Gasteiger partial charge in [0.25, 0.3) is 0 Å². The van der Waals surface area contributed by atoms with Gasteiger partial charge < -0.3 is 10.2 Å². The number of fused-ring (bicyclic) bond motifs is 1. The topological polar surface area (TPSA) is 39.7 Å². The Kier molecular flexibility index (Phi) is 2.78. The number of hydrogen-bond donors (Lipinski definition) is 2. The van der Waals surface area contributed by atoms with Gasteiger partial charge in [0.05, 0.1) is 13.0 Å². The first-order valence-electron chi connectivity index (χ1n) is 5.69. The van der Waals surface area contributed by atoms with Crippen LogP contribution in [0.25, 0.3) is 0 Å². The summed E-state index contributed by atoms with van der Waals surface area (Å²) in [6.45, 7) is 1.58. The van der Waals surface area contributed by atoms with Crippen molar-refractivity contribution >= 4 is 23.5 Å². The van der Waals surface area contributed by atoms with Crippen LogP contribution in [-0.4, -0.2) is 35.1 Å². The van der Waals surface area contributed by atoms with Crippen molar-refractivity contribution in [1.29, 1.82) is 0 Å². The van der Waals surface area contributed by atoms with Gasteiger partial charge in [-0.1, -0.05) is 42.5 Å². The molecule has 17 heavy (non-hydrogen) atoms. The van der Waals surface area contributed by atoms with Gasteiger partial charge in [0.15, 0.2) is 0 Å². The Morgan fingerprint density at radius 3 is 3.00 bits per heavy atom. The molecule has 88 valence electrons. The SMILES string of the molecule is S=C1NCNC2C1N=CN2Cc1ccccc1. The third-order valence-corrected chi connectivity index (χ3v) is 3.47. The first-order valence-corrected chi connectivity index (χ1v) is 6.09. The lowest BCUT2D eigenvalue weighted by atomic mass is 10.1. The molecule has 2 N–H and O–H groups in total. The number of rotatable bonds is 2. The van der Waals surface area contributed by atoms with Crippen molar-refractivity contribution in [3.05, 3.63) is 35.9 Å².